The third-order valence-electron chi connectivity index (χ3n) is 9.26. The van der Waals surface area contributed by atoms with Crippen molar-refractivity contribution in [2.45, 2.75) is 163 Å². The summed E-state index contributed by atoms with van der Waals surface area (Å²) in [5, 5.41) is 0. The summed E-state index contributed by atoms with van der Waals surface area (Å²) < 4.78 is 1.56. The van der Waals surface area contributed by atoms with Crippen LogP contribution in [0.15, 0.2) is 59.7 Å². The molecule has 0 spiro atoms. The van der Waals surface area contributed by atoms with Gasteiger partial charge in [0.25, 0.3) is 0 Å². The second-order valence-electron chi connectivity index (χ2n) is 13.0. The van der Waals surface area contributed by atoms with Gasteiger partial charge < -0.3 is 5.53 Å². The van der Waals surface area contributed by atoms with E-state index in [1.54, 1.807) is 4.70 Å². The van der Waals surface area contributed by atoms with Crippen molar-refractivity contribution in [3.63, 3.8) is 0 Å². The normalized spacial score (nSPS) is 13.5. The Morgan fingerprint density at radius 2 is 0.721 bits per heavy atom. The molecule has 43 heavy (non-hydrogen) atoms. The van der Waals surface area contributed by atoms with E-state index in [4.69, 9.17) is 0 Å². The fraction of sp³-hybridized carbons (Fsp3) is 0.610. The van der Waals surface area contributed by atoms with E-state index < -0.39 is 0 Å². The third-order valence-corrected chi connectivity index (χ3v) is 9.26. The number of unbranched alkanes of at least 4 members (excludes halogenated alkanes) is 13. The van der Waals surface area contributed by atoms with Crippen LogP contribution in [0.5, 0.6) is 0 Å². The predicted molar refractivity (Wildman–Crippen MR) is 188 cm³/mol. The molecular weight excluding hydrogens is 520 g/mol. The van der Waals surface area contributed by atoms with Crippen LogP contribution in [-0.4, -0.2) is 4.70 Å². The van der Waals surface area contributed by atoms with Crippen LogP contribution in [-0.2, 0) is 12.8 Å². The summed E-state index contributed by atoms with van der Waals surface area (Å²) in [4.78, 5) is 0. The molecule has 0 fully saturated rings. The highest BCUT2D eigenvalue weighted by atomic mass is 15.2. The van der Waals surface area contributed by atoms with Gasteiger partial charge in [0, 0.05) is 22.3 Å². The molecule has 2 heteroatoms. The maximum atomic E-state index is 12.0. The van der Waals surface area contributed by atoms with Crippen molar-refractivity contribution < 1.29 is 4.70 Å². The second-order valence-corrected chi connectivity index (χ2v) is 13.0. The lowest BCUT2D eigenvalue weighted by Gasteiger charge is -2.11. The SMILES string of the molecule is CCCCCCCCCC1=C(c2ccc(CCCCCC)cc2)[N+](=[N-])C(c2ccc(CCCCCC)cc2)=C1CCCC. The first-order valence-corrected chi connectivity index (χ1v) is 18.3. The van der Waals surface area contributed by atoms with E-state index >= 15 is 0 Å². The Morgan fingerprint density at radius 3 is 1.14 bits per heavy atom. The molecule has 0 radical (unpaired) electrons. The molecule has 0 N–H and O–H groups in total. The lowest BCUT2D eigenvalue weighted by Crippen LogP contribution is -2.03. The number of rotatable bonds is 23. The summed E-state index contributed by atoms with van der Waals surface area (Å²) in [6.07, 6.45) is 26.1. The topological polar surface area (TPSA) is 25.3 Å². The monoisotopic (exact) mass is 582 g/mol. The molecule has 3 rings (SSSR count). The van der Waals surface area contributed by atoms with Crippen molar-refractivity contribution in [3.8, 4) is 0 Å². The highest BCUT2D eigenvalue weighted by Gasteiger charge is 2.35. The molecule has 0 bridgehead atoms. The molecule has 0 saturated carbocycles. The smallest absolute Gasteiger partial charge is 0.211 e. The van der Waals surface area contributed by atoms with Crippen molar-refractivity contribution in [3.05, 3.63) is 87.5 Å². The van der Waals surface area contributed by atoms with Gasteiger partial charge in [-0.3, -0.25) is 0 Å². The van der Waals surface area contributed by atoms with Crippen LogP contribution in [0.25, 0.3) is 16.9 Å². The van der Waals surface area contributed by atoms with Crippen molar-refractivity contribution >= 4 is 11.4 Å². The Bertz CT molecular complexity index is 1130. The van der Waals surface area contributed by atoms with Gasteiger partial charge in [-0.15, -0.1) is 0 Å². The first kappa shape index (κ1) is 35.0. The molecule has 2 aromatic rings. The van der Waals surface area contributed by atoms with Gasteiger partial charge in [-0.05, 0) is 86.8 Å². The summed E-state index contributed by atoms with van der Waals surface area (Å²) in [7, 11) is 0. The van der Waals surface area contributed by atoms with Crippen LogP contribution in [0.4, 0.5) is 0 Å². The van der Waals surface area contributed by atoms with Crippen LogP contribution in [0.3, 0.4) is 0 Å². The fourth-order valence-electron chi connectivity index (χ4n) is 6.57. The van der Waals surface area contributed by atoms with Crippen LogP contribution >= 0.6 is 0 Å². The van der Waals surface area contributed by atoms with Gasteiger partial charge in [0.05, 0.1) is 0 Å². The van der Waals surface area contributed by atoms with Crippen molar-refractivity contribution in [2.24, 2.45) is 0 Å². The van der Waals surface area contributed by atoms with Gasteiger partial charge in [-0.1, -0.05) is 135 Å². The van der Waals surface area contributed by atoms with Crippen LogP contribution in [0.2, 0.25) is 0 Å². The van der Waals surface area contributed by atoms with Crippen LogP contribution < -0.4 is 0 Å². The predicted octanol–water partition coefficient (Wildman–Crippen LogP) is 13.4. The lowest BCUT2D eigenvalue weighted by atomic mass is 9.91. The summed E-state index contributed by atoms with van der Waals surface area (Å²) in [6, 6.07) is 18.2. The first-order chi connectivity index (χ1) is 21.1. The molecule has 1 heterocycles. The van der Waals surface area contributed by atoms with Gasteiger partial charge in [0.1, 0.15) is 0 Å². The average Bonchev–Trinajstić information content (AvgIpc) is 3.31. The molecular formula is C41H62N2. The van der Waals surface area contributed by atoms with E-state index in [0.717, 1.165) is 61.0 Å². The van der Waals surface area contributed by atoms with Gasteiger partial charge in [0.15, 0.2) is 0 Å². The largest absolute Gasteiger partial charge is 0.493 e. The molecule has 0 unspecified atom stereocenters. The fourth-order valence-corrected chi connectivity index (χ4v) is 6.57. The second kappa shape index (κ2) is 20.5. The summed E-state index contributed by atoms with van der Waals surface area (Å²) >= 11 is 0. The highest BCUT2D eigenvalue weighted by Crippen LogP contribution is 2.44. The molecule has 0 saturated heterocycles. The van der Waals surface area contributed by atoms with Crippen molar-refractivity contribution in [2.75, 3.05) is 0 Å². The third kappa shape index (κ3) is 11.2. The zero-order chi connectivity index (χ0) is 30.7. The summed E-state index contributed by atoms with van der Waals surface area (Å²) in [5.41, 5.74) is 21.8. The van der Waals surface area contributed by atoms with Crippen molar-refractivity contribution in [1.29, 1.82) is 0 Å². The molecule has 0 atom stereocenters. The van der Waals surface area contributed by atoms with Crippen molar-refractivity contribution in [1.82, 2.24) is 0 Å². The molecule has 0 amide bonds. The summed E-state index contributed by atoms with van der Waals surface area (Å²) in [5.74, 6) is 0. The Kier molecular flexibility index (Phi) is 16.7. The molecule has 0 aromatic heterocycles. The Labute approximate surface area is 265 Å². The van der Waals surface area contributed by atoms with E-state index in [1.165, 1.54) is 119 Å². The van der Waals surface area contributed by atoms with Crippen LogP contribution in [0, 0.1) is 0 Å². The van der Waals surface area contributed by atoms with E-state index in [2.05, 4.69) is 76.2 Å². The van der Waals surface area contributed by atoms with Crippen LogP contribution in [0.1, 0.15) is 172 Å². The molecule has 0 aliphatic carbocycles. The van der Waals surface area contributed by atoms with Gasteiger partial charge >= 0.3 is 0 Å². The molecule has 1 aliphatic heterocycles. The average molecular weight is 583 g/mol. The number of benzene rings is 2. The Morgan fingerprint density at radius 1 is 0.395 bits per heavy atom. The molecule has 2 aromatic carbocycles. The molecule has 2 nitrogen and oxygen atoms in total. The number of nitrogens with zero attached hydrogens (tertiary/aromatic N) is 2. The summed E-state index contributed by atoms with van der Waals surface area (Å²) in [6.45, 7) is 9.11. The maximum Gasteiger partial charge on any atom is 0.211 e. The van der Waals surface area contributed by atoms with Gasteiger partial charge in [0.2, 0.25) is 11.4 Å². The van der Waals surface area contributed by atoms with E-state index in [9.17, 15) is 5.53 Å². The Hall–Kier alpha value is -2.48. The minimum atomic E-state index is 1.02. The number of aryl methyl sites for hydroxylation is 2. The number of allylic oxidation sites excluding steroid dienone is 2. The highest BCUT2D eigenvalue weighted by molar-refractivity contribution is 5.82. The standard InChI is InChI=1S/C41H62N2/c1-5-9-13-16-17-18-21-25-39-38(24-12-8-4)40(36-30-26-34(27-31-36)22-19-14-10-6-2)43(42)41(39)37-32-28-35(29-33-37)23-20-15-11-7-3/h26-33H,5-25H2,1-4H3. The number of hydrogen-bond donors (Lipinski definition) is 0. The quantitative estimate of drug-likeness (QED) is 0.0920. The van der Waals surface area contributed by atoms with E-state index in [1.807, 2.05) is 0 Å². The van der Waals surface area contributed by atoms with E-state index in [-0.39, 0.29) is 0 Å². The van der Waals surface area contributed by atoms with Gasteiger partial charge in [-0.25, -0.2) is 4.70 Å². The minimum Gasteiger partial charge on any atom is -0.493 e. The van der Waals surface area contributed by atoms with E-state index in [0.29, 0.717) is 0 Å². The zero-order valence-corrected chi connectivity index (χ0v) is 28.4. The minimum absolute atomic E-state index is 1.02. The lowest BCUT2D eigenvalue weighted by molar-refractivity contribution is -0.345. The maximum absolute atomic E-state index is 12.0. The molecule has 236 valence electrons. The number of hydrogen-bond acceptors (Lipinski definition) is 0. The molecule has 1 aliphatic rings. The first-order valence-electron chi connectivity index (χ1n) is 18.3. The van der Waals surface area contributed by atoms with Gasteiger partial charge in [-0.2, -0.15) is 0 Å². The Balaban J connectivity index is 1.88. The zero-order valence-electron chi connectivity index (χ0n) is 28.4.